The molecule has 0 saturated carbocycles. The quantitative estimate of drug-likeness (QED) is 0.877. The molecule has 1 aromatic rings. The Morgan fingerprint density at radius 2 is 2.00 bits per heavy atom. The van der Waals surface area contributed by atoms with Gasteiger partial charge in [-0.2, -0.15) is 0 Å². The molecule has 0 aromatic heterocycles. The van der Waals surface area contributed by atoms with Crippen LogP contribution in [0.4, 0.5) is 5.69 Å². The lowest BCUT2D eigenvalue weighted by atomic mass is 10.1. The molecule has 0 amide bonds. The molecule has 2 heteroatoms. The molecule has 1 atom stereocenters. The second kappa shape index (κ2) is 5.31. The molecule has 1 aliphatic rings. The van der Waals surface area contributed by atoms with Gasteiger partial charge in [0, 0.05) is 30.4 Å². The third-order valence-electron chi connectivity index (χ3n) is 3.66. The normalized spacial score (nSPS) is 20.4. The fourth-order valence-electron chi connectivity index (χ4n) is 2.59. The minimum Gasteiger partial charge on any atom is -0.369 e. The predicted octanol–water partition coefficient (Wildman–Crippen LogP) is 3.56. The number of benzene rings is 1. The molecule has 0 bridgehead atoms. The van der Waals surface area contributed by atoms with E-state index in [4.69, 9.17) is 0 Å². The van der Waals surface area contributed by atoms with Crippen LogP contribution < -0.4 is 10.2 Å². The van der Waals surface area contributed by atoms with Gasteiger partial charge in [0.15, 0.2) is 0 Å². The summed E-state index contributed by atoms with van der Waals surface area (Å²) >= 11 is 0. The third kappa shape index (κ3) is 3.26. The highest BCUT2D eigenvalue weighted by Gasteiger charge is 2.22. The van der Waals surface area contributed by atoms with Crippen molar-refractivity contribution in [1.29, 1.82) is 0 Å². The van der Waals surface area contributed by atoms with Crippen molar-refractivity contribution < 1.29 is 0 Å². The van der Waals surface area contributed by atoms with Crippen molar-refractivity contribution in [2.75, 3.05) is 11.4 Å². The Morgan fingerprint density at radius 3 is 2.61 bits per heavy atom. The molecule has 1 aromatic carbocycles. The van der Waals surface area contributed by atoms with Gasteiger partial charge in [-0.15, -0.1) is 0 Å². The SMILES string of the molecule is CC1CCCN1c1ccccc1CNC(C)(C)C. The molecule has 1 heterocycles. The molecule has 0 aliphatic carbocycles. The van der Waals surface area contributed by atoms with E-state index in [2.05, 4.69) is 62.2 Å². The maximum Gasteiger partial charge on any atom is 0.0414 e. The summed E-state index contributed by atoms with van der Waals surface area (Å²) in [6, 6.07) is 9.49. The number of para-hydroxylation sites is 1. The van der Waals surface area contributed by atoms with Gasteiger partial charge in [0.25, 0.3) is 0 Å². The van der Waals surface area contributed by atoms with Gasteiger partial charge >= 0.3 is 0 Å². The smallest absolute Gasteiger partial charge is 0.0414 e. The van der Waals surface area contributed by atoms with E-state index in [1.807, 2.05) is 0 Å². The molecule has 1 aliphatic heterocycles. The summed E-state index contributed by atoms with van der Waals surface area (Å²) < 4.78 is 0. The molecule has 2 rings (SSSR count). The summed E-state index contributed by atoms with van der Waals surface area (Å²) in [7, 11) is 0. The second-order valence-electron chi connectivity index (χ2n) is 6.42. The van der Waals surface area contributed by atoms with E-state index in [1.165, 1.54) is 30.6 Å². The largest absolute Gasteiger partial charge is 0.369 e. The van der Waals surface area contributed by atoms with Crippen molar-refractivity contribution in [2.45, 2.75) is 58.7 Å². The first kappa shape index (κ1) is 13.4. The molecule has 2 nitrogen and oxygen atoms in total. The van der Waals surface area contributed by atoms with Crippen LogP contribution in [0.1, 0.15) is 46.1 Å². The maximum absolute atomic E-state index is 3.59. The molecule has 1 N–H and O–H groups in total. The van der Waals surface area contributed by atoms with Crippen molar-refractivity contribution in [3.8, 4) is 0 Å². The monoisotopic (exact) mass is 246 g/mol. The van der Waals surface area contributed by atoms with Crippen molar-refractivity contribution in [1.82, 2.24) is 5.32 Å². The number of anilines is 1. The summed E-state index contributed by atoms with van der Waals surface area (Å²) in [6.07, 6.45) is 2.64. The summed E-state index contributed by atoms with van der Waals surface area (Å²) in [5, 5.41) is 3.59. The molecule has 0 spiro atoms. The standard InChI is InChI=1S/C16H26N2/c1-13-8-7-11-18(13)15-10-6-5-9-14(15)12-17-16(2,3)4/h5-6,9-10,13,17H,7-8,11-12H2,1-4H3. The number of nitrogens with one attached hydrogen (secondary N) is 1. The highest BCUT2D eigenvalue weighted by Crippen LogP contribution is 2.28. The lowest BCUT2D eigenvalue weighted by Gasteiger charge is -2.28. The topological polar surface area (TPSA) is 15.3 Å². The van der Waals surface area contributed by atoms with Gasteiger partial charge in [-0.25, -0.2) is 0 Å². The minimum atomic E-state index is 0.170. The Balaban J connectivity index is 2.15. The Hall–Kier alpha value is -1.02. The molecule has 1 unspecified atom stereocenters. The lowest BCUT2D eigenvalue weighted by molar-refractivity contribution is 0.424. The zero-order valence-electron chi connectivity index (χ0n) is 12.2. The highest BCUT2D eigenvalue weighted by molar-refractivity contribution is 5.55. The van der Waals surface area contributed by atoms with Gasteiger partial charge in [-0.1, -0.05) is 18.2 Å². The third-order valence-corrected chi connectivity index (χ3v) is 3.66. The van der Waals surface area contributed by atoms with E-state index in [-0.39, 0.29) is 5.54 Å². The fraction of sp³-hybridized carbons (Fsp3) is 0.625. The summed E-state index contributed by atoms with van der Waals surface area (Å²) in [4.78, 5) is 2.56. The molecule has 1 fully saturated rings. The van der Waals surface area contributed by atoms with Crippen molar-refractivity contribution in [3.05, 3.63) is 29.8 Å². The number of hydrogen-bond acceptors (Lipinski definition) is 2. The maximum atomic E-state index is 3.59. The summed E-state index contributed by atoms with van der Waals surface area (Å²) in [6.45, 7) is 11.1. The van der Waals surface area contributed by atoms with Gasteiger partial charge in [0.1, 0.15) is 0 Å². The minimum absolute atomic E-state index is 0.170. The van der Waals surface area contributed by atoms with Crippen LogP contribution in [-0.4, -0.2) is 18.1 Å². The van der Waals surface area contributed by atoms with E-state index in [1.54, 1.807) is 0 Å². The summed E-state index contributed by atoms with van der Waals surface area (Å²) in [5.41, 5.74) is 3.00. The van der Waals surface area contributed by atoms with E-state index in [0.29, 0.717) is 6.04 Å². The Bertz CT molecular complexity index is 392. The van der Waals surface area contributed by atoms with Crippen LogP contribution in [0, 0.1) is 0 Å². The van der Waals surface area contributed by atoms with Crippen LogP contribution in [0.2, 0.25) is 0 Å². The predicted molar refractivity (Wildman–Crippen MR) is 79.1 cm³/mol. The van der Waals surface area contributed by atoms with E-state index < -0.39 is 0 Å². The molecule has 100 valence electrons. The first-order valence-electron chi connectivity index (χ1n) is 7.07. The summed E-state index contributed by atoms with van der Waals surface area (Å²) in [5.74, 6) is 0. The van der Waals surface area contributed by atoms with Crippen LogP contribution >= 0.6 is 0 Å². The van der Waals surface area contributed by atoms with Crippen molar-refractivity contribution in [2.24, 2.45) is 0 Å². The van der Waals surface area contributed by atoms with E-state index in [0.717, 1.165) is 6.54 Å². The first-order chi connectivity index (χ1) is 8.47. The average Bonchev–Trinajstić information content (AvgIpc) is 2.72. The molecular formula is C16H26N2. The van der Waals surface area contributed by atoms with Gasteiger partial charge in [-0.05, 0) is 52.2 Å². The van der Waals surface area contributed by atoms with Gasteiger partial charge < -0.3 is 10.2 Å². The zero-order chi connectivity index (χ0) is 13.2. The first-order valence-corrected chi connectivity index (χ1v) is 7.07. The van der Waals surface area contributed by atoms with Gasteiger partial charge in [0.05, 0.1) is 0 Å². The van der Waals surface area contributed by atoms with Crippen LogP contribution in [-0.2, 0) is 6.54 Å². The van der Waals surface area contributed by atoms with Crippen LogP contribution in [0.25, 0.3) is 0 Å². The van der Waals surface area contributed by atoms with Gasteiger partial charge in [-0.3, -0.25) is 0 Å². The second-order valence-corrected chi connectivity index (χ2v) is 6.42. The van der Waals surface area contributed by atoms with Gasteiger partial charge in [0.2, 0.25) is 0 Å². The van der Waals surface area contributed by atoms with E-state index >= 15 is 0 Å². The number of rotatable bonds is 3. The van der Waals surface area contributed by atoms with Crippen LogP contribution in [0.5, 0.6) is 0 Å². The molecule has 0 radical (unpaired) electrons. The van der Waals surface area contributed by atoms with E-state index in [9.17, 15) is 0 Å². The Kier molecular flexibility index (Phi) is 3.96. The molecule has 18 heavy (non-hydrogen) atoms. The van der Waals surface area contributed by atoms with Crippen molar-refractivity contribution >= 4 is 5.69 Å². The highest BCUT2D eigenvalue weighted by atomic mass is 15.2. The fourth-order valence-corrected chi connectivity index (χ4v) is 2.59. The number of hydrogen-bond donors (Lipinski definition) is 1. The van der Waals surface area contributed by atoms with Crippen molar-refractivity contribution in [3.63, 3.8) is 0 Å². The Labute approximate surface area is 111 Å². The lowest BCUT2D eigenvalue weighted by Crippen LogP contribution is -2.36. The van der Waals surface area contributed by atoms with Crippen LogP contribution in [0.15, 0.2) is 24.3 Å². The zero-order valence-corrected chi connectivity index (χ0v) is 12.2. The number of nitrogens with zero attached hydrogens (tertiary/aromatic N) is 1. The Morgan fingerprint density at radius 1 is 1.28 bits per heavy atom. The molecular weight excluding hydrogens is 220 g/mol. The molecule has 1 saturated heterocycles. The van der Waals surface area contributed by atoms with Crippen LogP contribution in [0.3, 0.4) is 0 Å². The average molecular weight is 246 g/mol.